The van der Waals surface area contributed by atoms with Crippen LogP contribution in [0.1, 0.15) is 12.2 Å². The fourth-order valence-electron chi connectivity index (χ4n) is 1.30. The van der Waals surface area contributed by atoms with E-state index in [0.717, 1.165) is 0 Å². The zero-order chi connectivity index (χ0) is 11.5. The number of nitrogens with one attached hydrogen (secondary N) is 1. The number of hydrogen-bond acceptors (Lipinski definition) is 5. The van der Waals surface area contributed by atoms with E-state index in [9.17, 15) is 4.79 Å². The summed E-state index contributed by atoms with van der Waals surface area (Å²) < 4.78 is 0. The molecule has 2 aromatic heterocycles. The van der Waals surface area contributed by atoms with Crippen LogP contribution in [0.5, 0.6) is 0 Å². The van der Waals surface area contributed by atoms with Crippen LogP contribution >= 0.6 is 0 Å². The molecule has 4 N–H and O–H groups in total. The summed E-state index contributed by atoms with van der Waals surface area (Å²) in [5.74, 6) is -0.448. The summed E-state index contributed by atoms with van der Waals surface area (Å²) in [6.45, 7) is 0. The van der Waals surface area contributed by atoms with Gasteiger partial charge in [-0.1, -0.05) is 0 Å². The van der Waals surface area contributed by atoms with Crippen molar-refractivity contribution in [3.8, 4) is 0 Å². The van der Waals surface area contributed by atoms with Crippen LogP contribution in [0, 0.1) is 0 Å². The molecule has 2 aromatic rings. The van der Waals surface area contributed by atoms with Gasteiger partial charge in [0.25, 0.3) is 0 Å². The molecule has 0 saturated heterocycles. The molecule has 16 heavy (non-hydrogen) atoms. The van der Waals surface area contributed by atoms with Crippen molar-refractivity contribution in [1.29, 1.82) is 0 Å². The van der Waals surface area contributed by atoms with E-state index in [-0.39, 0.29) is 0 Å². The van der Waals surface area contributed by atoms with Crippen molar-refractivity contribution in [2.45, 2.75) is 18.9 Å². The number of aliphatic carboxylic acids is 1. The topological polar surface area (TPSA) is 118 Å². The van der Waals surface area contributed by atoms with Crippen LogP contribution in [0.4, 0.5) is 0 Å². The first-order valence-corrected chi connectivity index (χ1v) is 4.80. The first kappa shape index (κ1) is 10.5. The highest BCUT2D eigenvalue weighted by atomic mass is 16.4. The fraction of sp³-hybridized carbons (Fsp3) is 0.333. The van der Waals surface area contributed by atoms with Crippen molar-refractivity contribution >= 4 is 17.1 Å². The van der Waals surface area contributed by atoms with Gasteiger partial charge in [0.1, 0.15) is 17.4 Å². The molecule has 0 fully saturated rings. The minimum absolute atomic E-state index is 0.314. The van der Waals surface area contributed by atoms with E-state index in [2.05, 4.69) is 19.9 Å². The van der Waals surface area contributed by atoms with E-state index in [0.29, 0.717) is 29.8 Å². The molecule has 0 bridgehead atoms. The maximum Gasteiger partial charge on any atom is 0.320 e. The molecule has 0 radical (unpaired) electrons. The van der Waals surface area contributed by atoms with Crippen molar-refractivity contribution in [1.82, 2.24) is 19.9 Å². The van der Waals surface area contributed by atoms with Gasteiger partial charge in [-0.2, -0.15) is 0 Å². The van der Waals surface area contributed by atoms with Crippen molar-refractivity contribution in [2.75, 3.05) is 0 Å². The molecule has 7 heteroatoms. The largest absolute Gasteiger partial charge is 0.480 e. The monoisotopic (exact) mass is 221 g/mol. The number of aryl methyl sites for hydroxylation is 1. The lowest BCUT2D eigenvalue weighted by molar-refractivity contribution is -0.138. The Balaban J connectivity index is 2.06. The molecule has 2 heterocycles. The van der Waals surface area contributed by atoms with E-state index >= 15 is 0 Å². The molecule has 0 spiro atoms. The van der Waals surface area contributed by atoms with Gasteiger partial charge in [0.2, 0.25) is 0 Å². The lowest BCUT2D eigenvalue weighted by Crippen LogP contribution is -2.30. The number of imidazole rings is 1. The highest BCUT2D eigenvalue weighted by molar-refractivity contribution is 5.73. The predicted octanol–water partition coefficient (Wildman–Crippen LogP) is -0.303. The number of carbonyl (C=O) groups is 1. The van der Waals surface area contributed by atoms with Gasteiger partial charge in [-0.05, 0) is 6.42 Å². The van der Waals surface area contributed by atoms with Crippen LogP contribution < -0.4 is 5.73 Å². The van der Waals surface area contributed by atoms with Gasteiger partial charge in [-0.15, -0.1) is 0 Å². The van der Waals surface area contributed by atoms with Gasteiger partial charge in [0, 0.05) is 6.42 Å². The molecule has 0 aliphatic heterocycles. The zero-order valence-electron chi connectivity index (χ0n) is 8.42. The second-order valence-corrected chi connectivity index (χ2v) is 3.41. The minimum atomic E-state index is -1.01. The normalized spacial score (nSPS) is 12.8. The van der Waals surface area contributed by atoms with Crippen molar-refractivity contribution in [3.05, 3.63) is 18.3 Å². The standard InChI is InChI=1S/C9H11N5O2/c10-5(9(15)16)1-2-7-11-3-6-8(14-7)13-4-12-6/h3-5H,1-2,10H2,(H,15,16)(H,11,12,13,14). The second-order valence-electron chi connectivity index (χ2n) is 3.41. The summed E-state index contributed by atoms with van der Waals surface area (Å²) >= 11 is 0. The quantitative estimate of drug-likeness (QED) is 0.652. The third-order valence-corrected chi connectivity index (χ3v) is 2.22. The van der Waals surface area contributed by atoms with Crippen LogP contribution in [0.2, 0.25) is 0 Å². The Morgan fingerprint density at radius 1 is 1.56 bits per heavy atom. The molecule has 0 aromatic carbocycles. The Labute approximate surface area is 90.7 Å². The Hall–Kier alpha value is -2.02. The third kappa shape index (κ3) is 2.14. The van der Waals surface area contributed by atoms with Crippen LogP contribution in [-0.2, 0) is 11.2 Å². The summed E-state index contributed by atoms with van der Waals surface area (Å²) in [5.41, 5.74) is 6.72. The Bertz CT molecular complexity index is 509. The van der Waals surface area contributed by atoms with E-state index in [1.165, 1.54) is 6.33 Å². The van der Waals surface area contributed by atoms with Crippen LogP contribution in [-0.4, -0.2) is 37.1 Å². The maximum absolute atomic E-state index is 10.5. The van der Waals surface area contributed by atoms with Gasteiger partial charge in [-0.25, -0.2) is 15.0 Å². The number of aromatic nitrogens is 4. The molecule has 84 valence electrons. The fourth-order valence-corrected chi connectivity index (χ4v) is 1.30. The number of fused-ring (bicyclic) bond motifs is 1. The Morgan fingerprint density at radius 2 is 2.38 bits per heavy atom. The maximum atomic E-state index is 10.5. The minimum Gasteiger partial charge on any atom is -0.480 e. The van der Waals surface area contributed by atoms with E-state index < -0.39 is 12.0 Å². The SMILES string of the molecule is NC(CCc1ncc2nc[nH]c2n1)C(=O)O. The summed E-state index contributed by atoms with van der Waals surface area (Å²) in [4.78, 5) is 25.6. The van der Waals surface area contributed by atoms with Gasteiger partial charge in [-0.3, -0.25) is 4.79 Å². The number of carboxylic acid groups (broad SMARTS) is 1. The number of rotatable bonds is 4. The van der Waals surface area contributed by atoms with Crippen molar-refractivity contribution in [3.63, 3.8) is 0 Å². The molecular weight excluding hydrogens is 210 g/mol. The number of aromatic amines is 1. The smallest absolute Gasteiger partial charge is 0.320 e. The Morgan fingerprint density at radius 3 is 3.12 bits per heavy atom. The van der Waals surface area contributed by atoms with E-state index in [4.69, 9.17) is 10.8 Å². The molecule has 2 rings (SSSR count). The average Bonchev–Trinajstić information content (AvgIpc) is 2.72. The lowest BCUT2D eigenvalue weighted by atomic mass is 10.1. The average molecular weight is 221 g/mol. The zero-order valence-corrected chi connectivity index (χ0v) is 8.42. The van der Waals surface area contributed by atoms with Crippen LogP contribution in [0.25, 0.3) is 11.2 Å². The summed E-state index contributed by atoms with van der Waals surface area (Å²) in [7, 11) is 0. The molecular formula is C9H11N5O2. The summed E-state index contributed by atoms with van der Waals surface area (Å²) in [5, 5.41) is 8.62. The van der Waals surface area contributed by atoms with Gasteiger partial charge < -0.3 is 15.8 Å². The van der Waals surface area contributed by atoms with Gasteiger partial charge in [0.15, 0.2) is 5.65 Å². The second kappa shape index (κ2) is 4.23. The molecule has 7 nitrogen and oxygen atoms in total. The number of nitrogens with zero attached hydrogens (tertiary/aromatic N) is 3. The van der Waals surface area contributed by atoms with Gasteiger partial charge in [0.05, 0.1) is 12.5 Å². The summed E-state index contributed by atoms with van der Waals surface area (Å²) in [6, 6.07) is -0.874. The first-order chi connectivity index (χ1) is 7.66. The molecule has 0 aliphatic carbocycles. The molecule has 0 saturated carbocycles. The van der Waals surface area contributed by atoms with Gasteiger partial charge >= 0.3 is 5.97 Å². The third-order valence-electron chi connectivity index (χ3n) is 2.22. The highest BCUT2D eigenvalue weighted by Gasteiger charge is 2.12. The number of H-pyrrole nitrogens is 1. The van der Waals surface area contributed by atoms with E-state index in [1.807, 2.05) is 0 Å². The Kier molecular flexibility index (Phi) is 2.78. The predicted molar refractivity (Wildman–Crippen MR) is 55.6 cm³/mol. The number of nitrogens with two attached hydrogens (primary N) is 1. The lowest BCUT2D eigenvalue weighted by Gasteiger charge is -2.04. The molecule has 0 aliphatic rings. The van der Waals surface area contributed by atoms with Crippen molar-refractivity contribution in [2.24, 2.45) is 5.73 Å². The highest BCUT2D eigenvalue weighted by Crippen LogP contribution is 2.06. The van der Waals surface area contributed by atoms with E-state index in [1.54, 1.807) is 6.20 Å². The van der Waals surface area contributed by atoms with Crippen molar-refractivity contribution < 1.29 is 9.90 Å². The summed E-state index contributed by atoms with van der Waals surface area (Å²) in [6.07, 6.45) is 3.88. The molecule has 1 unspecified atom stereocenters. The molecule has 1 atom stereocenters. The molecule has 0 amide bonds. The number of hydrogen-bond donors (Lipinski definition) is 3. The van der Waals surface area contributed by atoms with Crippen LogP contribution in [0.3, 0.4) is 0 Å². The van der Waals surface area contributed by atoms with Crippen LogP contribution in [0.15, 0.2) is 12.5 Å². The number of carboxylic acids is 1. The first-order valence-electron chi connectivity index (χ1n) is 4.80.